The van der Waals surface area contributed by atoms with Crippen molar-refractivity contribution in [2.45, 2.75) is 59.0 Å². The van der Waals surface area contributed by atoms with E-state index in [1.165, 1.54) is 6.92 Å². The van der Waals surface area contributed by atoms with E-state index in [2.05, 4.69) is 30.2 Å². The minimum absolute atomic E-state index is 0.0198. The highest BCUT2D eigenvalue weighted by atomic mass is 32.1. The molecule has 0 aliphatic rings. The summed E-state index contributed by atoms with van der Waals surface area (Å²) in [7, 11) is 1.65. The predicted octanol–water partition coefficient (Wildman–Crippen LogP) is 2.16. The van der Waals surface area contributed by atoms with Crippen LogP contribution in [0.1, 0.15) is 53.4 Å². The smallest absolute Gasteiger partial charge is 0.225 e. The van der Waals surface area contributed by atoms with Crippen LogP contribution >= 0.6 is 12.6 Å². The fourth-order valence-corrected chi connectivity index (χ4v) is 2.39. The molecular formula is C16H32N2O3S. The van der Waals surface area contributed by atoms with Crippen LogP contribution in [0.5, 0.6) is 0 Å². The molecule has 0 spiro atoms. The van der Waals surface area contributed by atoms with Crippen molar-refractivity contribution in [1.29, 1.82) is 0 Å². The lowest BCUT2D eigenvalue weighted by atomic mass is 9.88. The van der Waals surface area contributed by atoms with Crippen LogP contribution in [0.15, 0.2) is 0 Å². The van der Waals surface area contributed by atoms with Gasteiger partial charge in [-0.15, -0.1) is 0 Å². The number of rotatable bonds is 11. The molecule has 0 aliphatic heterocycles. The number of hydrogen-bond donors (Lipinski definition) is 3. The minimum Gasteiger partial charge on any atom is -0.375 e. The van der Waals surface area contributed by atoms with Crippen molar-refractivity contribution >= 4 is 24.4 Å². The molecule has 0 saturated heterocycles. The van der Waals surface area contributed by atoms with Crippen LogP contribution in [-0.2, 0) is 14.3 Å². The fourth-order valence-electron chi connectivity index (χ4n) is 2.23. The first-order chi connectivity index (χ1) is 10.2. The van der Waals surface area contributed by atoms with Gasteiger partial charge in [0.1, 0.15) is 0 Å². The van der Waals surface area contributed by atoms with E-state index >= 15 is 0 Å². The van der Waals surface area contributed by atoms with Gasteiger partial charge in [-0.05, 0) is 38.4 Å². The Morgan fingerprint density at radius 3 is 2.27 bits per heavy atom. The average Bonchev–Trinajstić information content (AvgIpc) is 2.43. The maximum atomic E-state index is 11.8. The van der Waals surface area contributed by atoms with E-state index in [1.807, 2.05) is 13.8 Å². The van der Waals surface area contributed by atoms with E-state index in [0.717, 1.165) is 25.0 Å². The number of thiol groups is 1. The third-order valence-electron chi connectivity index (χ3n) is 3.91. The molecule has 0 aliphatic carbocycles. The summed E-state index contributed by atoms with van der Waals surface area (Å²) in [5.74, 6) is 0.798. The molecule has 0 saturated carbocycles. The summed E-state index contributed by atoms with van der Waals surface area (Å²) < 4.78 is 6.08. The summed E-state index contributed by atoms with van der Waals surface area (Å²) in [6, 6.07) is 0. The molecule has 130 valence electrons. The lowest BCUT2D eigenvalue weighted by Gasteiger charge is -2.32. The van der Waals surface area contributed by atoms with Gasteiger partial charge in [0.15, 0.2) is 0 Å². The normalized spacial score (nSPS) is 14.3. The van der Waals surface area contributed by atoms with Gasteiger partial charge < -0.3 is 15.4 Å². The summed E-state index contributed by atoms with van der Waals surface area (Å²) in [6.07, 6.45) is 3.25. The van der Waals surface area contributed by atoms with Crippen molar-refractivity contribution in [3.8, 4) is 0 Å². The molecule has 0 heterocycles. The first-order valence-electron chi connectivity index (χ1n) is 7.88. The minimum atomic E-state index is -0.448. The topological polar surface area (TPSA) is 67.4 Å². The zero-order valence-electron chi connectivity index (χ0n) is 14.6. The number of carbonyl (C=O) groups excluding carboxylic acids is 2. The van der Waals surface area contributed by atoms with Gasteiger partial charge in [-0.2, -0.15) is 12.6 Å². The summed E-state index contributed by atoms with van der Waals surface area (Å²) in [4.78, 5) is 22.8. The molecule has 0 aromatic rings. The Balaban J connectivity index is 4.45. The highest BCUT2D eigenvalue weighted by Gasteiger charge is 2.29. The largest absolute Gasteiger partial charge is 0.375 e. The molecule has 0 fully saturated rings. The number of amides is 2. The van der Waals surface area contributed by atoms with E-state index in [1.54, 1.807) is 7.05 Å². The second-order valence-electron chi connectivity index (χ2n) is 6.57. The Bertz CT molecular complexity index is 361. The zero-order valence-corrected chi connectivity index (χ0v) is 15.5. The molecule has 0 aromatic heterocycles. The van der Waals surface area contributed by atoms with Crippen molar-refractivity contribution in [2.24, 2.45) is 5.41 Å². The van der Waals surface area contributed by atoms with Crippen molar-refractivity contribution in [3.05, 3.63) is 0 Å². The molecule has 0 bridgehead atoms. The van der Waals surface area contributed by atoms with Gasteiger partial charge in [-0.3, -0.25) is 9.59 Å². The predicted molar refractivity (Wildman–Crippen MR) is 93.2 cm³/mol. The third-order valence-corrected chi connectivity index (χ3v) is 4.23. The van der Waals surface area contributed by atoms with Crippen molar-refractivity contribution in [1.82, 2.24) is 10.6 Å². The molecule has 6 heteroatoms. The number of nitrogens with one attached hydrogen (secondary N) is 2. The van der Waals surface area contributed by atoms with Crippen LogP contribution in [0.4, 0.5) is 0 Å². The lowest BCUT2D eigenvalue weighted by molar-refractivity contribution is -0.131. The fraction of sp³-hybridized carbons (Fsp3) is 0.875. The van der Waals surface area contributed by atoms with Crippen LogP contribution < -0.4 is 10.6 Å². The van der Waals surface area contributed by atoms with Crippen molar-refractivity contribution < 1.29 is 14.3 Å². The first-order valence-corrected chi connectivity index (χ1v) is 8.51. The quantitative estimate of drug-likeness (QED) is 0.508. The van der Waals surface area contributed by atoms with Crippen molar-refractivity contribution in [2.75, 3.05) is 26.0 Å². The highest BCUT2D eigenvalue weighted by molar-refractivity contribution is 7.80. The molecule has 0 rings (SSSR count). The van der Waals surface area contributed by atoms with Gasteiger partial charge in [0.05, 0.1) is 5.60 Å². The van der Waals surface area contributed by atoms with E-state index in [9.17, 15) is 9.59 Å². The molecule has 1 unspecified atom stereocenters. The van der Waals surface area contributed by atoms with Gasteiger partial charge in [0.25, 0.3) is 0 Å². The van der Waals surface area contributed by atoms with E-state index < -0.39 is 5.41 Å². The van der Waals surface area contributed by atoms with Crippen LogP contribution in [0.2, 0.25) is 0 Å². The van der Waals surface area contributed by atoms with Crippen LogP contribution in [0, 0.1) is 5.41 Å². The summed E-state index contributed by atoms with van der Waals surface area (Å²) in [5.41, 5.74) is -0.749. The number of hydrogen-bond acceptors (Lipinski definition) is 4. The standard InChI is InChI=1S/C16H32N2O3S/c1-13(19)18-10-8-16(4,7-6-12-22)21-11-9-15(2,3)14(20)17-5/h22H,6-12H2,1-5H3,(H,17,20)(H,18,19). The third kappa shape index (κ3) is 8.63. The SMILES string of the molecule is CNC(=O)C(C)(C)CCOC(C)(CCCS)CCNC(C)=O. The molecule has 0 radical (unpaired) electrons. The Kier molecular flexibility index (Phi) is 9.76. The van der Waals surface area contributed by atoms with E-state index in [-0.39, 0.29) is 17.4 Å². The second-order valence-corrected chi connectivity index (χ2v) is 7.02. The van der Waals surface area contributed by atoms with E-state index in [4.69, 9.17) is 4.74 Å². The zero-order chi connectivity index (χ0) is 17.2. The van der Waals surface area contributed by atoms with Crippen LogP contribution in [0.25, 0.3) is 0 Å². The summed E-state index contributed by atoms with van der Waals surface area (Å²) in [6.45, 7) is 8.51. The highest BCUT2D eigenvalue weighted by Crippen LogP contribution is 2.26. The number of ether oxygens (including phenoxy) is 1. The number of carbonyl (C=O) groups is 2. The van der Waals surface area contributed by atoms with E-state index in [0.29, 0.717) is 19.6 Å². The Morgan fingerprint density at radius 1 is 1.14 bits per heavy atom. The first kappa shape index (κ1) is 21.2. The van der Waals surface area contributed by atoms with Crippen molar-refractivity contribution in [3.63, 3.8) is 0 Å². The van der Waals surface area contributed by atoms with Gasteiger partial charge in [0.2, 0.25) is 11.8 Å². The van der Waals surface area contributed by atoms with Gasteiger partial charge >= 0.3 is 0 Å². The van der Waals surface area contributed by atoms with Crippen LogP contribution in [0.3, 0.4) is 0 Å². The summed E-state index contributed by atoms with van der Waals surface area (Å²) >= 11 is 4.25. The molecule has 0 aromatic carbocycles. The van der Waals surface area contributed by atoms with Gasteiger partial charge in [-0.1, -0.05) is 13.8 Å². The molecule has 2 amide bonds. The summed E-state index contributed by atoms with van der Waals surface area (Å²) in [5, 5.41) is 5.49. The molecule has 22 heavy (non-hydrogen) atoms. The average molecular weight is 333 g/mol. The second kappa shape index (κ2) is 10.1. The van der Waals surface area contributed by atoms with Gasteiger partial charge in [0, 0.05) is 32.5 Å². The molecular weight excluding hydrogens is 300 g/mol. The van der Waals surface area contributed by atoms with Gasteiger partial charge in [-0.25, -0.2) is 0 Å². The monoisotopic (exact) mass is 332 g/mol. The maximum Gasteiger partial charge on any atom is 0.225 e. The molecule has 2 N–H and O–H groups in total. The lowest BCUT2D eigenvalue weighted by Crippen LogP contribution is -2.38. The molecule has 5 nitrogen and oxygen atoms in total. The Morgan fingerprint density at radius 2 is 1.77 bits per heavy atom. The van der Waals surface area contributed by atoms with Crippen LogP contribution in [-0.4, -0.2) is 43.4 Å². The Labute approximate surface area is 140 Å². The maximum absolute atomic E-state index is 11.8. The Hall–Kier alpha value is -0.750. The molecule has 1 atom stereocenters.